The fraction of sp³-hybridized carbons (Fsp3) is 0.654. The smallest absolute Gasteiger partial charge is 0.361 e. The van der Waals surface area contributed by atoms with Gasteiger partial charge in [-0.2, -0.15) is 0 Å². The molecule has 9 heteroatoms. The summed E-state index contributed by atoms with van der Waals surface area (Å²) in [6.45, 7) is 4.75. The van der Waals surface area contributed by atoms with E-state index in [1.807, 2.05) is 21.1 Å². The van der Waals surface area contributed by atoms with Crippen molar-refractivity contribution in [1.82, 2.24) is 0 Å². The van der Waals surface area contributed by atoms with Gasteiger partial charge in [0.25, 0.3) is 6.29 Å². The lowest BCUT2D eigenvalue weighted by molar-refractivity contribution is -0.870. The highest BCUT2D eigenvalue weighted by Gasteiger charge is 2.25. The van der Waals surface area contributed by atoms with Crippen molar-refractivity contribution >= 4 is 17.9 Å². The van der Waals surface area contributed by atoms with Gasteiger partial charge in [0.2, 0.25) is 0 Å². The number of nitrogens with zero attached hydrogens (tertiary/aromatic N) is 1. The van der Waals surface area contributed by atoms with Crippen LogP contribution in [0.4, 0.5) is 0 Å². The van der Waals surface area contributed by atoms with Crippen molar-refractivity contribution in [3.05, 3.63) is 146 Å². The third kappa shape index (κ3) is 68.5. The van der Waals surface area contributed by atoms with Crippen molar-refractivity contribution in [2.45, 2.75) is 283 Å². The molecule has 0 fully saturated rings. The third-order valence-electron chi connectivity index (χ3n) is 14.6. The Bertz CT molecular complexity index is 1940. The van der Waals surface area contributed by atoms with Crippen molar-refractivity contribution in [2.24, 2.45) is 0 Å². The van der Waals surface area contributed by atoms with E-state index in [1.54, 1.807) is 0 Å². The lowest BCUT2D eigenvalue weighted by Gasteiger charge is -2.25. The van der Waals surface area contributed by atoms with Crippen LogP contribution in [0.5, 0.6) is 0 Å². The van der Waals surface area contributed by atoms with E-state index in [0.29, 0.717) is 23.9 Å². The average molecular weight is 1210 g/mol. The molecular formula is C78H130NO8+. The number of carbonyl (C=O) groups is 3. The van der Waals surface area contributed by atoms with Crippen LogP contribution in [0, 0.1) is 0 Å². The number of esters is 2. The number of quaternary nitrogens is 1. The van der Waals surface area contributed by atoms with E-state index in [4.69, 9.17) is 18.9 Å². The quantitative estimate of drug-likeness (QED) is 0.0211. The maximum absolute atomic E-state index is 12.9. The zero-order valence-corrected chi connectivity index (χ0v) is 56.4. The first-order valence-electron chi connectivity index (χ1n) is 35.0. The summed E-state index contributed by atoms with van der Waals surface area (Å²) < 4.78 is 22.9. The monoisotopic (exact) mass is 1210 g/mol. The molecule has 2 atom stereocenters. The van der Waals surface area contributed by atoms with Gasteiger partial charge in [-0.1, -0.05) is 282 Å². The number of hydrogen-bond acceptors (Lipinski definition) is 7. The van der Waals surface area contributed by atoms with Crippen LogP contribution in [-0.2, 0) is 33.3 Å². The van der Waals surface area contributed by atoms with E-state index in [1.165, 1.54) is 122 Å². The Kier molecular flexibility index (Phi) is 63.4. The molecule has 0 aliphatic heterocycles. The van der Waals surface area contributed by atoms with E-state index in [0.717, 1.165) is 116 Å². The molecule has 2 unspecified atom stereocenters. The highest BCUT2D eigenvalue weighted by Crippen LogP contribution is 2.16. The minimum atomic E-state index is -1.52. The molecule has 0 radical (unpaired) electrons. The molecule has 0 heterocycles. The van der Waals surface area contributed by atoms with E-state index in [9.17, 15) is 19.5 Å². The third-order valence-corrected chi connectivity index (χ3v) is 14.6. The molecular weight excluding hydrogens is 1080 g/mol. The first kappa shape index (κ1) is 82.2. The van der Waals surface area contributed by atoms with Gasteiger partial charge in [0, 0.05) is 12.8 Å². The number of rotatable bonds is 63. The van der Waals surface area contributed by atoms with Gasteiger partial charge in [0.15, 0.2) is 6.10 Å². The van der Waals surface area contributed by atoms with Crippen molar-refractivity contribution in [3.8, 4) is 0 Å². The maximum atomic E-state index is 12.9. The van der Waals surface area contributed by atoms with E-state index in [2.05, 4.69) is 160 Å². The van der Waals surface area contributed by atoms with Crippen LogP contribution in [0.2, 0.25) is 0 Å². The summed E-state index contributed by atoms with van der Waals surface area (Å²) in [4.78, 5) is 37.6. The Balaban J connectivity index is 4.19. The number of aliphatic carboxylic acids is 1. The SMILES string of the molecule is CC/C=C\C/C=C\C/C=C\C/C=C\C/C=C\C/C=C\C/C=C\C/C=C\C/C=C\C/C=C\C/C=C\CCCCCCCCCC(=O)OC(COC(=O)CCCCCCCCCCC/C=C\CCCCCCCCCC)COC(OCC[N+](C)(C)C)C(=O)O. The number of unbranched alkanes of at least 4 members (excludes halogenated alkanes) is 24. The molecule has 0 aromatic carbocycles. The Morgan fingerprint density at radius 1 is 0.356 bits per heavy atom. The number of allylic oxidation sites excluding steroid dienone is 24. The molecule has 0 aliphatic carbocycles. The first-order chi connectivity index (χ1) is 42.6. The van der Waals surface area contributed by atoms with Crippen molar-refractivity contribution in [1.29, 1.82) is 0 Å². The van der Waals surface area contributed by atoms with E-state index in [-0.39, 0.29) is 32.2 Å². The minimum absolute atomic E-state index is 0.179. The lowest BCUT2D eigenvalue weighted by Crippen LogP contribution is -2.40. The minimum Gasteiger partial charge on any atom is -0.477 e. The van der Waals surface area contributed by atoms with Crippen LogP contribution < -0.4 is 0 Å². The second-order valence-corrected chi connectivity index (χ2v) is 24.1. The average Bonchev–Trinajstić information content (AvgIpc) is 3.59. The molecule has 0 bridgehead atoms. The number of hydrogen-bond donors (Lipinski definition) is 1. The summed E-state index contributed by atoms with van der Waals surface area (Å²) in [6.07, 6.45) is 95.2. The molecule has 87 heavy (non-hydrogen) atoms. The van der Waals surface area contributed by atoms with Crippen LogP contribution in [0.25, 0.3) is 0 Å². The molecule has 0 aromatic heterocycles. The fourth-order valence-corrected chi connectivity index (χ4v) is 9.25. The van der Waals surface area contributed by atoms with Crippen LogP contribution in [0.3, 0.4) is 0 Å². The molecule has 0 aliphatic rings. The molecule has 0 rings (SSSR count). The second kappa shape index (κ2) is 67.1. The zero-order chi connectivity index (χ0) is 63.3. The Hall–Kier alpha value is -4.83. The van der Waals surface area contributed by atoms with E-state index >= 15 is 0 Å². The largest absolute Gasteiger partial charge is 0.477 e. The van der Waals surface area contributed by atoms with Crippen molar-refractivity contribution < 1.29 is 42.9 Å². The Labute approximate surface area is 534 Å². The number of carbonyl (C=O) groups excluding carboxylic acids is 2. The van der Waals surface area contributed by atoms with Gasteiger partial charge in [-0.15, -0.1) is 0 Å². The second-order valence-electron chi connectivity index (χ2n) is 24.1. The van der Waals surface area contributed by atoms with Gasteiger partial charge in [0.05, 0.1) is 34.4 Å². The number of ether oxygens (including phenoxy) is 4. The van der Waals surface area contributed by atoms with Crippen molar-refractivity contribution in [2.75, 3.05) is 47.5 Å². The predicted octanol–water partition coefficient (Wildman–Crippen LogP) is 21.9. The topological polar surface area (TPSA) is 108 Å². The van der Waals surface area contributed by atoms with Crippen molar-refractivity contribution in [3.63, 3.8) is 0 Å². The normalized spacial score (nSPS) is 13.6. The number of carboxylic acids is 1. The first-order valence-corrected chi connectivity index (χ1v) is 35.0. The number of carboxylic acid groups (broad SMARTS) is 1. The molecule has 0 saturated heterocycles. The molecule has 1 N–H and O–H groups in total. The van der Waals surface area contributed by atoms with Gasteiger partial charge in [-0.05, 0) is 122 Å². The van der Waals surface area contributed by atoms with Crippen LogP contribution in [-0.4, -0.2) is 87.4 Å². The van der Waals surface area contributed by atoms with Gasteiger partial charge in [0.1, 0.15) is 13.2 Å². The lowest BCUT2D eigenvalue weighted by atomic mass is 10.1. The highest BCUT2D eigenvalue weighted by molar-refractivity contribution is 5.71. The zero-order valence-electron chi connectivity index (χ0n) is 56.4. The summed E-state index contributed by atoms with van der Waals surface area (Å²) in [5.41, 5.74) is 0. The summed E-state index contributed by atoms with van der Waals surface area (Å²) in [6, 6.07) is 0. The predicted molar refractivity (Wildman–Crippen MR) is 373 cm³/mol. The molecule has 0 amide bonds. The van der Waals surface area contributed by atoms with Crippen LogP contribution >= 0.6 is 0 Å². The highest BCUT2D eigenvalue weighted by atomic mass is 16.7. The summed E-state index contributed by atoms with van der Waals surface area (Å²) in [5.74, 6) is -2.03. The van der Waals surface area contributed by atoms with Crippen LogP contribution in [0.15, 0.2) is 146 Å². The Morgan fingerprint density at radius 2 is 0.655 bits per heavy atom. The van der Waals surface area contributed by atoms with E-state index < -0.39 is 24.3 Å². The number of likely N-dealkylation sites (N-methyl/N-ethyl adjacent to an activating group) is 1. The van der Waals surface area contributed by atoms with Crippen LogP contribution in [0.1, 0.15) is 271 Å². The summed E-state index contributed by atoms with van der Waals surface area (Å²) in [5, 5.41) is 9.74. The molecule has 0 aromatic rings. The summed E-state index contributed by atoms with van der Waals surface area (Å²) >= 11 is 0. The standard InChI is InChI=1S/C78H129NO8/c1-6-8-10-12-14-16-18-20-22-24-26-28-29-30-31-32-33-34-35-36-37-38-39-40-41-42-43-44-45-46-47-49-51-53-55-57-59-61-63-65-67-69-76(81)87-74(73-86-78(77(82)83)84-71-70-79(3,4)5)72-85-75(80)68-66-64-62-60-58-56-54-52-50-48-27-25-23-21-19-17-15-13-11-9-7-2/h8,10,14,16,20,22,25-28,30-31,33-34,36-37,39-40,42-43,45-46,49,51,74,78H,6-7,9,11-13,15,17-19,21,23-24,29,32,35,38,41,44,47-48,50,52-73H2,1-5H3/p+1/b10-8-,16-14-,22-20-,27-25-,28-26-,31-30-,34-33-,37-36-,40-39-,43-42-,46-45-,51-49-. The summed E-state index contributed by atoms with van der Waals surface area (Å²) in [7, 11) is 5.96. The molecule has 9 nitrogen and oxygen atoms in total. The Morgan fingerprint density at radius 3 is 0.989 bits per heavy atom. The molecule has 494 valence electrons. The van der Waals surface area contributed by atoms with Gasteiger partial charge < -0.3 is 28.5 Å². The fourth-order valence-electron chi connectivity index (χ4n) is 9.25. The maximum Gasteiger partial charge on any atom is 0.361 e. The van der Waals surface area contributed by atoms with Gasteiger partial charge >= 0.3 is 17.9 Å². The van der Waals surface area contributed by atoms with Gasteiger partial charge in [-0.25, -0.2) is 4.79 Å². The van der Waals surface area contributed by atoms with Gasteiger partial charge in [-0.3, -0.25) is 9.59 Å². The molecule has 0 saturated carbocycles. The molecule has 0 spiro atoms.